The van der Waals surface area contributed by atoms with E-state index in [1.807, 2.05) is 30.3 Å². The summed E-state index contributed by atoms with van der Waals surface area (Å²) in [6, 6.07) is 20.6. The van der Waals surface area contributed by atoms with Gasteiger partial charge in [-0.3, -0.25) is 14.5 Å². The third-order valence-corrected chi connectivity index (χ3v) is 7.78. The summed E-state index contributed by atoms with van der Waals surface area (Å²) in [7, 11) is 3.28. The van der Waals surface area contributed by atoms with Crippen LogP contribution < -0.4 is 9.64 Å². The first-order valence-corrected chi connectivity index (χ1v) is 13.3. The number of hydrogen-bond donors (Lipinski definition) is 1. The molecule has 7 nitrogen and oxygen atoms in total. The van der Waals surface area contributed by atoms with Gasteiger partial charge in [0.25, 0.3) is 0 Å². The van der Waals surface area contributed by atoms with Crippen molar-refractivity contribution in [1.29, 1.82) is 0 Å². The summed E-state index contributed by atoms with van der Waals surface area (Å²) in [6.45, 7) is 1.86. The summed E-state index contributed by atoms with van der Waals surface area (Å²) in [5.41, 5.74) is 1.96. The lowest BCUT2D eigenvalue weighted by molar-refractivity contribution is -0.141. The number of aliphatic hydroxyl groups is 1. The summed E-state index contributed by atoms with van der Waals surface area (Å²) in [4.78, 5) is 31.2. The molecule has 5 rings (SSSR count). The van der Waals surface area contributed by atoms with Crippen molar-refractivity contribution in [3.8, 4) is 5.75 Å². The molecule has 210 valence electrons. The van der Waals surface area contributed by atoms with E-state index in [9.17, 15) is 23.5 Å². The second kappa shape index (κ2) is 11.3. The number of alkyl halides is 2. The first-order valence-electron chi connectivity index (χ1n) is 13.3. The standard InChI is InChI=1S/C31H33F2N3O4/c1-34(28(23-6-4-3-5-7-23)20-35-15-14-24(37)19-35)29(38)17-22-10-13-26-27(16-22)36(30(39)31(26,32)33)18-21-8-11-25(40-2)12-9-21/h3-13,16,24,28,37H,14-15,17-20H2,1-2H3/t24?,28-/m1/s1. The third-order valence-electron chi connectivity index (χ3n) is 7.78. The first-order chi connectivity index (χ1) is 19.2. The SMILES string of the molecule is COc1ccc(CN2C(=O)C(F)(F)c3ccc(CC(=O)N(C)[C@H](CN4CCC(O)C4)c4ccccc4)cc32)cc1. The number of β-amino-alcohol motifs (C(OH)–C–C–N with tert-alkyl or cyclic N) is 1. The van der Waals surface area contributed by atoms with E-state index in [2.05, 4.69) is 4.90 Å². The van der Waals surface area contributed by atoms with Gasteiger partial charge in [0.15, 0.2) is 0 Å². The molecular formula is C31H33F2N3O4. The molecule has 1 fully saturated rings. The Morgan fingerprint density at radius 3 is 2.45 bits per heavy atom. The Balaban J connectivity index is 1.36. The van der Waals surface area contributed by atoms with Crippen LogP contribution in [0.4, 0.5) is 14.5 Å². The summed E-state index contributed by atoms with van der Waals surface area (Å²) in [5, 5.41) is 9.99. The van der Waals surface area contributed by atoms with Gasteiger partial charge < -0.3 is 19.6 Å². The van der Waals surface area contributed by atoms with Crippen LogP contribution in [0.5, 0.6) is 5.75 Å². The summed E-state index contributed by atoms with van der Waals surface area (Å²) in [6.07, 6.45) is 0.321. The van der Waals surface area contributed by atoms with Crippen LogP contribution in [0.2, 0.25) is 0 Å². The van der Waals surface area contributed by atoms with Crippen LogP contribution in [0.1, 0.15) is 34.7 Å². The van der Waals surface area contributed by atoms with Crippen LogP contribution in [-0.2, 0) is 28.5 Å². The molecule has 0 aromatic heterocycles. The van der Waals surface area contributed by atoms with E-state index in [4.69, 9.17) is 4.74 Å². The topological polar surface area (TPSA) is 73.3 Å². The van der Waals surface area contributed by atoms with Crippen LogP contribution in [0.25, 0.3) is 0 Å². The average molecular weight is 550 g/mol. The summed E-state index contributed by atoms with van der Waals surface area (Å²) >= 11 is 0. The number of likely N-dealkylation sites (tertiary alicyclic amines) is 1. The lowest BCUT2D eigenvalue weighted by Gasteiger charge is -2.32. The summed E-state index contributed by atoms with van der Waals surface area (Å²) < 4.78 is 35.0. The molecule has 2 atom stereocenters. The monoisotopic (exact) mass is 549 g/mol. The van der Waals surface area contributed by atoms with Gasteiger partial charge >= 0.3 is 11.8 Å². The van der Waals surface area contributed by atoms with Crippen molar-refractivity contribution in [2.24, 2.45) is 0 Å². The lowest BCUT2D eigenvalue weighted by atomic mass is 10.0. The molecule has 0 radical (unpaired) electrons. The molecule has 2 heterocycles. The molecule has 1 saturated heterocycles. The number of nitrogens with zero attached hydrogens (tertiary/aromatic N) is 3. The molecule has 0 spiro atoms. The number of ether oxygens (including phenoxy) is 1. The molecule has 3 aromatic carbocycles. The Morgan fingerprint density at radius 2 is 1.80 bits per heavy atom. The van der Waals surface area contributed by atoms with E-state index in [0.29, 0.717) is 36.4 Å². The highest BCUT2D eigenvalue weighted by molar-refractivity contribution is 6.06. The number of methoxy groups -OCH3 is 1. The predicted molar refractivity (Wildman–Crippen MR) is 147 cm³/mol. The molecule has 9 heteroatoms. The first kappa shape index (κ1) is 27.7. The molecule has 0 aliphatic carbocycles. The minimum Gasteiger partial charge on any atom is -0.497 e. The van der Waals surface area contributed by atoms with Gasteiger partial charge in [0.1, 0.15) is 5.75 Å². The molecule has 1 unspecified atom stereocenters. The zero-order chi connectivity index (χ0) is 28.4. The maximum Gasteiger partial charge on any atom is 0.352 e. The fraction of sp³-hybridized carbons (Fsp3) is 0.355. The molecule has 0 saturated carbocycles. The van der Waals surface area contributed by atoms with Gasteiger partial charge in [0.2, 0.25) is 5.91 Å². The molecular weight excluding hydrogens is 516 g/mol. The van der Waals surface area contributed by atoms with Crippen molar-refractivity contribution in [1.82, 2.24) is 9.80 Å². The Bertz CT molecular complexity index is 1370. The van der Waals surface area contributed by atoms with E-state index in [1.54, 1.807) is 36.2 Å². The molecule has 3 aromatic rings. The Morgan fingerprint density at radius 1 is 1.10 bits per heavy atom. The maximum absolute atomic E-state index is 14.9. The number of carbonyl (C=O) groups is 2. The van der Waals surface area contributed by atoms with Crippen molar-refractivity contribution in [2.75, 3.05) is 38.7 Å². The number of carbonyl (C=O) groups excluding carboxylic acids is 2. The van der Waals surface area contributed by atoms with Crippen molar-refractivity contribution < 1.29 is 28.2 Å². The Hall–Kier alpha value is -3.82. The Kier molecular flexibility index (Phi) is 7.87. The highest BCUT2D eigenvalue weighted by atomic mass is 19.3. The van der Waals surface area contributed by atoms with E-state index < -0.39 is 11.8 Å². The fourth-order valence-corrected chi connectivity index (χ4v) is 5.46. The third kappa shape index (κ3) is 5.57. The number of likely N-dealkylation sites (N-methyl/N-ethyl adjacent to an activating group) is 1. The van der Waals surface area contributed by atoms with Gasteiger partial charge in [0.05, 0.1) is 43.5 Å². The second-order valence-corrected chi connectivity index (χ2v) is 10.5. The van der Waals surface area contributed by atoms with Gasteiger partial charge in [-0.1, -0.05) is 54.6 Å². The van der Waals surface area contributed by atoms with Gasteiger partial charge in [0, 0.05) is 26.7 Å². The van der Waals surface area contributed by atoms with Crippen LogP contribution in [0, 0.1) is 0 Å². The quantitative estimate of drug-likeness (QED) is 0.435. The fourth-order valence-electron chi connectivity index (χ4n) is 5.46. The van der Waals surface area contributed by atoms with Crippen LogP contribution in [0.15, 0.2) is 72.8 Å². The largest absolute Gasteiger partial charge is 0.497 e. The van der Waals surface area contributed by atoms with Gasteiger partial charge in [-0.2, -0.15) is 8.78 Å². The minimum absolute atomic E-state index is 0.00806. The van der Waals surface area contributed by atoms with E-state index in [0.717, 1.165) is 17.0 Å². The number of fused-ring (bicyclic) bond motifs is 1. The molecule has 0 bridgehead atoms. The van der Waals surface area contributed by atoms with E-state index in [1.165, 1.54) is 25.3 Å². The van der Waals surface area contributed by atoms with Gasteiger partial charge in [-0.25, -0.2) is 0 Å². The maximum atomic E-state index is 14.9. The normalized spacial score (nSPS) is 19.0. The number of amides is 2. The van der Waals surface area contributed by atoms with Gasteiger partial charge in [-0.15, -0.1) is 0 Å². The predicted octanol–water partition coefficient (Wildman–Crippen LogP) is 4.14. The highest BCUT2D eigenvalue weighted by Gasteiger charge is 2.52. The van der Waals surface area contributed by atoms with E-state index >= 15 is 0 Å². The molecule has 1 N–H and O–H groups in total. The van der Waals surface area contributed by atoms with E-state index in [-0.39, 0.29) is 42.3 Å². The number of benzene rings is 3. The van der Waals surface area contributed by atoms with Crippen molar-refractivity contribution in [2.45, 2.75) is 37.5 Å². The minimum atomic E-state index is -3.64. The number of aliphatic hydroxyl groups excluding tert-OH is 1. The number of halogens is 2. The lowest BCUT2D eigenvalue weighted by Crippen LogP contribution is -2.39. The van der Waals surface area contributed by atoms with Crippen LogP contribution in [0.3, 0.4) is 0 Å². The Labute approximate surface area is 232 Å². The van der Waals surface area contributed by atoms with Crippen molar-refractivity contribution in [3.63, 3.8) is 0 Å². The van der Waals surface area contributed by atoms with Crippen molar-refractivity contribution >= 4 is 17.5 Å². The number of anilines is 1. The van der Waals surface area contributed by atoms with Crippen molar-refractivity contribution in [3.05, 3.63) is 95.1 Å². The number of hydrogen-bond acceptors (Lipinski definition) is 5. The molecule has 2 amide bonds. The zero-order valence-electron chi connectivity index (χ0n) is 22.6. The smallest absolute Gasteiger partial charge is 0.352 e. The number of rotatable bonds is 9. The van der Waals surface area contributed by atoms with Crippen LogP contribution >= 0.6 is 0 Å². The zero-order valence-corrected chi connectivity index (χ0v) is 22.6. The average Bonchev–Trinajstić information content (AvgIpc) is 3.45. The molecule has 2 aliphatic heterocycles. The second-order valence-electron chi connectivity index (χ2n) is 10.5. The highest BCUT2D eigenvalue weighted by Crippen LogP contribution is 2.45. The molecule has 40 heavy (non-hydrogen) atoms. The van der Waals surface area contributed by atoms with Gasteiger partial charge in [-0.05, 0) is 41.3 Å². The summed E-state index contributed by atoms with van der Waals surface area (Å²) in [5.74, 6) is -4.47. The van der Waals surface area contributed by atoms with Crippen LogP contribution in [-0.4, -0.2) is 66.6 Å². The molecule has 2 aliphatic rings.